The number of nitrogens with one attached hydrogen (secondary N) is 3. The molecule has 0 bridgehead atoms. The van der Waals surface area contributed by atoms with Gasteiger partial charge in [-0.1, -0.05) is 0 Å². The number of carboxylic acids is 1. The number of aliphatic hydroxyl groups excluding tert-OH is 1. The van der Waals surface area contributed by atoms with Crippen molar-refractivity contribution in [1.82, 2.24) is 16.0 Å². The number of thiol groups is 1. The van der Waals surface area contributed by atoms with E-state index in [-0.39, 0.29) is 12.2 Å². The minimum atomic E-state index is -1.51. The van der Waals surface area contributed by atoms with Gasteiger partial charge in [-0.25, -0.2) is 4.79 Å². The van der Waals surface area contributed by atoms with Gasteiger partial charge in [0.2, 0.25) is 17.7 Å². The van der Waals surface area contributed by atoms with Gasteiger partial charge >= 0.3 is 5.97 Å². The molecule has 27 heavy (non-hydrogen) atoms. The first-order valence-electron chi connectivity index (χ1n) is 8.48. The van der Waals surface area contributed by atoms with E-state index in [1.165, 1.54) is 6.92 Å². The van der Waals surface area contributed by atoms with Crippen molar-refractivity contribution in [3.05, 3.63) is 0 Å². The Morgan fingerprint density at radius 3 is 2.22 bits per heavy atom. The summed E-state index contributed by atoms with van der Waals surface area (Å²) in [5, 5.41) is 25.4. The van der Waals surface area contributed by atoms with Crippen molar-refractivity contribution in [2.45, 2.75) is 50.4 Å². The van der Waals surface area contributed by atoms with Crippen LogP contribution in [0.1, 0.15) is 26.2 Å². The van der Waals surface area contributed by atoms with Gasteiger partial charge in [0, 0.05) is 5.75 Å². The van der Waals surface area contributed by atoms with Gasteiger partial charge in [-0.3, -0.25) is 14.4 Å². The maximum atomic E-state index is 12.3. The van der Waals surface area contributed by atoms with E-state index in [1.807, 2.05) is 0 Å². The summed E-state index contributed by atoms with van der Waals surface area (Å²) in [6.45, 7) is 1.21. The fraction of sp³-hybridized carbons (Fsp3) is 0.733. The van der Waals surface area contributed by atoms with Crippen molar-refractivity contribution < 1.29 is 29.4 Å². The van der Waals surface area contributed by atoms with Crippen molar-refractivity contribution >= 4 is 36.3 Å². The number of hydrogen-bond donors (Lipinski definition) is 8. The number of aliphatic hydroxyl groups is 1. The Hall–Kier alpha value is -1.89. The van der Waals surface area contributed by atoms with Gasteiger partial charge < -0.3 is 37.6 Å². The first kappa shape index (κ1) is 25.1. The highest BCUT2D eigenvalue weighted by molar-refractivity contribution is 7.80. The average molecular weight is 407 g/mol. The average Bonchev–Trinajstić information content (AvgIpc) is 2.61. The lowest BCUT2D eigenvalue weighted by Gasteiger charge is -2.23. The second kappa shape index (κ2) is 13.3. The molecule has 12 heteroatoms. The van der Waals surface area contributed by atoms with Crippen LogP contribution in [0.2, 0.25) is 0 Å². The molecule has 0 spiro atoms. The van der Waals surface area contributed by atoms with Gasteiger partial charge in [-0.2, -0.15) is 12.6 Å². The van der Waals surface area contributed by atoms with Gasteiger partial charge in [0.15, 0.2) is 6.04 Å². The third-order valence-corrected chi connectivity index (χ3v) is 3.99. The minimum Gasteiger partial charge on any atom is -0.480 e. The number of carboxylic acid groups (broad SMARTS) is 1. The quantitative estimate of drug-likeness (QED) is 0.116. The summed E-state index contributed by atoms with van der Waals surface area (Å²) in [4.78, 5) is 47.0. The van der Waals surface area contributed by atoms with Crippen LogP contribution in [0.3, 0.4) is 0 Å². The van der Waals surface area contributed by atoms with Gasteiger partial charge in [0.1, 0.15) is 6.04 Å². The van der Waals surface area contributed by atoms with Crippen molar-refractivity contribution in [1.29, 1.82) is 0 Å². The van der Waals surface area contributed by atoms with Gasteiger partial charge in [0.25, 0.3) is 0 Å². The molecule has 4 unspecified atom stereocenters. The Morgan fingerprint density at radius 2 is 1.74 bits per heavy atom. The summed E-state index contributed by atoms with van der Waals surface area (Å²) in [6.07, 6.45) is 0.00337. The number of carbonyl (C=O) groups is 4. The highest BCUT2D eigenvalue weighted by Gasteiger charge is 2.29. The normalized spacial score (nSPS) is 15.1. The fourth-order valence-corrected chi connectivity index (χ4v) is 2.20. The fourth-order valence-electron chi connectivity index (χ4n) is 2.03. The number of aliphatic carboxylic acids is 1. The standard InChI is InChI=1S/C15H29N5O6S/c1-8(21)12(15(25)26)20-14(24)10(4-2-3-5-16)19-11(22)6-18-13(23)9(17)7-27/h8-10,12,21,27H,2-7,16-17H2,1H3,(H,18,23)(H,19,22)(H,20,24)(H,25,26). The molecule has 0 saturated carbocycles. The van der Waals surface area contributed by atoms with E-state index in [0.717, 1.165) is 0 Å². The van der Waals surface area contributed by atoms with E-state index in [0.29, 0.717) is 19.4 Å². The van der Waals surface area contributed by atoms with E-state index in [9.17, 15) is 24.3 Å². The summed E-state index contributed by atoms with van der Waals surface area (Å²) in [7, 11) is 0. The number of rotatable bonds is 13. The molecule has 0 fully saturated rings. The molecule has 0 aliphatic heterocycles. The smallest absolute Gasteiger partial charge is 0.328 e. The Bertz CT molecular complexity index is 519. The first-order valence-corrected chi connectivity index (χ1v) is 9.12. The minimum absolute atomic E-state index is 0.105. The summed E-state index contributed by atoms with van der Waals surface area (Å²) in [5.41, 5.74) is 10.9. The second-order valence-corrected chi connectivity index (χ2v) is 6.34. The number of carbonyl (C=O) groups excluding carboxylic acids is 3. The Morgan fingerprint density at radius 1 is 1.11 bits per heavy atom. The van der Waals surface area contributed by atoms with Gasteiger partial charge in [-0.05, 0) is 32.7 Å². The summed E-state index contributed by atoms with van der Waals surface area (Å²) < 4.78 is 0. The van der Waals surface area contributed by atoms with Crippen LogP contribution in [-0.4, -0.2) is 77.0 Å². The summed E-state index contributed by atoms with van der Waals surface area (Å²) in [5.74, 6) is -3.27. The van der Waals surface area contributed by atoms with Crippen molar-refractivity contribution in [3.8, 4) is 0 Å². The first-order chi connectivity index (χ1) is 12.6. The number of unbranched alkanes of at least 4 members (excludes halogenated alkanes) is 1. The van der Waals surface area contributed by atoms with Crippen LogP contribution < -0.4 is 27.4 Å². The Kier molecular flexibility index (Phi) is 12.4. The molecule has 0 aliphatic rings. The van der Waals surface area contributed by atoms with Crippen LogP contribution in [-0.2, 0) is 19.2 Å². The van der Waals surface area contributed by atoms with Crippen LogP contribution in [0.5, 0.6) is 0 Å². The summed E-state index contributed by atoms with van der Waals surface area (Å²) in [6, 6.07) is -3.42. The van der Waals surface area contributed by atoms with E-state index in [1.54, 1.807) is 0 Å². The predicted octanol–water partition coefficient (Wildman–Crippen LogP) is -3.08. The molecule has 0 aromatic rings. The molecule has 0 aromatic carbocycles. The Balaban J connectivity index is 4.87. The largest absolute Gasteiger partial charge is 0.480 e. The van der Waals surface area contributed by atoms with E-state index in [2.05, 4.69) is 28.6 Å². The van der Waals surface area contributed by atoms with E-state index >= 15 is 0 Å². The molecule has 0 saturated heterocycles. The van der Waals surface area contributed by atoms with Gasteiger partial charge in [0.05, 0.1) is 18.7 Å². The lowest BCUT2D eigenvalue weighted by atomic mass is 10.1. The molecule has 0 aliphatic carbocycles. The van der Waals surface area contributed by atoms with Crippen LogP contribution >= 0.6 is 12.6 Å². The van der Waals surface area contributed by atoms with Crippen LogP contribution in [0, 0.1) is 0 Å². The van der Waals surface area contributed by atoms with Crippen LogP contribution in [0.4, 0.5) is 0 Å². The lowest BCUT2D eigenvalue weighted by Crippen LogP contribution is -2.56. The second-order valence-electron chi connectivity index (χ2n) is 5.98. The third kappa shape index (κ3) is 10.1. The monoisotopic (exact) mass is 407 g/mol. The molecule has 0 radical (unpaired) electrons. The zero-order valence-corrected chi connectivity index (χ0v) is 16.1. The molecule has 3 amide bonds. The SMILES string of the molecule is CC(O)C(NC(=O)C(CCCCN)NC(=O)CNC(=O)C(N)CS)C(=O)O. The zero-order valence-electron chi connectivity index (χ0n) is 15.2. The molecule has 4 atom stereocenters. The maximum absolute atomic E-state index is 12.3. The molecular formula is C15H29N5O6S. The zero-order chi connectivity index (χ0) is 21.0. The van der Waals surface area contributed by atoms with Gasteiger partial charge in [-0.15, -0.1) is 0 Å². The predicted molar refractivity (Wildman–Crippen MR) is 101 cm³/mol. The molecule has 9 N–H and O–H groups in total. The topological polar surface area (TPSA) is 197 Å². The number of hydrogen-bond acceptors (Lipinski definition) is 8. The summed E-state index contributed by atoms with van der Waals surface area (Å²) >= 11 is 3.88. The molecule has 156 valence electrons. The van der Waals surface area contributed by atoms with Crippen molar-refractivity contribution in [2.75, 3.05) is 18.8 Å². The molecular weight excluding hydrogens is 378 g/mol. The van der Waals surface area contributed by atoms with Crippen molar-refractivity contribution in [3.63, 3.8) is 0 Å². The van der Waals surface area contributed by atoms with Crippen molar-refractivity contribution in [2.24, 2.45) is 11.5 Å². The van der Waals surface area contributed by atoms with Crippen LogP contribution in [0.25, 0.3) is 0 Å². The van der Waals surface area contributed by atoms with E-state index in [4.69, 9.17) is 16.6 Å². The highest BCUT2D eigenvalue weighted by Crippen LogP contribution is 2.03. The van der Waals surface area contributed by atoms with Crippen LogP contribution in [0.15, 0.2) is 0 Å². The lowest BCUT2D eigenvalue weighted by molar-refractivity contribution is -0.145. The molecule has 0 rings (SSSR count). The highest BCUT2D eigenvalue weighted by atomic mass is 32.1. The molecule has 0 aromatic heterocycles. The Labute approximate surface area is 163 Å². The molecule has 11 nitrogen and oxygen atoms in total. The maximum Gasteiger partial charge on any atom is 0.328 e. The number of amides is 3. The molecule has 0 heterocycles. The number of nitrogens with two attached hydrogens (primary N) is 2. The third-order valence-electron chi connectivity index (χ3n) is 3.60. The van der Waals surface area contributed by atoms with E-state index < -0.39 is 54.5 Å².